The largest absolute Gasteiger partial charge is 0.478 e. The maximum absolute atomic E-state index is 12.7. The van der Waals surface area contributed by atoms with Gasteiger partial charge in [-0.1, -0.05) is 0 Å². The lowest BCUT2D eigenvalue weighted by Gasteiger charge is -2.13. The molecule has 0 radical (unpaired) electrons. The lowest BCUT2D eigenvalue weighted by molar-refractivity contribution is -0.137. The maximum atomic E-state index is 12.7. The third-order valence-corrected chi connectivity index (χ3v) is 3.00. The molecule has 0 bridgehead atoms. The Morgan fingerprint density at radius 1 is 1.29 bits per heavy atom. The van der Waals surface area contributed by atoms with Gasteiger partial charge in [0.1, 0.15) is 6.10 Å². The van der Waals surface area contributed by atoms with Gasteiger partial charge in [0.05, 0.1) is 11.1 Å². The second-order valence-corrected chi connectivity index (χ2v) is 4.59. The van der Waals surface area contributed by atoms with Crippen molar-refractivity contribution < 1.29 is 32.6 Å². The van der Waals surface area contributed by atoms with Crippen molar-refractivity contribution in [1.29, 1.82) is 0 Å². The van der Waals surface area contributed by atoms with Gasteiger partial charge in [0, 0.05) is 12.3 Å². The summed E-state index contributed by atoms with van der Waals surface area (Å²) in [5.41, 5.74) is -1.90. The summed E-state index contributed by atoms with van der Waals surface area (Å²) in [6.45, 7) is 0.418. The number of carbonyl (C=O) groups is 2. The minimum absolute atomic E-state index is 0.220. The molecule has 5 nitrogen and oxygen atoms in total. The minimum atomic E-state index is -4.70. The number of hydrogen-bond acceptors (Lipinski definition) is 3. The van der Waals surface area contributed by atoms with Crippen LogP contribution in [-0.4, -0.2) is 29.7 Å². The van der Waals surface area contributed by atoms with Crippen LogP contribution in [0, 0.1) is 0 Å². The first-order chi connectivity index (χ1) is 9.77. The summed E-state index contributed by atoms with van der Waals surface area (Å²) in [4.78, 5) is 22.7. The number of carboxylic acid groups (broad SMARTS) is 1. The van der Waals surface area contributed by atoms with Gasteiger partial charge in [-0.2, -0.15) is 13.2 Å². The second-order valence-electron chi connectivity index (χ2n) is 4.59. The van der Waals surface area contributed by atoms with Gasteiger partial charge in [0.2, 0.25) is 0 Å². The Labute approximate surface area is 117 Å². The molecular formula is C13H12F3NO4. The third kappa shape index (κ3) is 3.72. The third-order valence-electron chi connectivity index (χ3n) is 3.00. The Balaban J connectivity index is 2.27. The van der Waals surface area contributed by atoms with Crippen LogP contribution in [0.1, 0.15) is 28.8 Å². The zero-order chi connectivity index (χ0) is 15.6. The number of nitrogens with one attached hydrogen (secondary N) is 1. The molecule has 2 rings (SSSR count). The number of benzene rings is 1. The second kappa shape index (κ2) is 5.72. The Morgan fingerprint density at radius 3 is 2.52 bits per heavy atom. The van der Waals surface area contributed by atoms with E-state index >= 15 is 0 Å². The number of carbonyl (C=O) groups excluding carboxylic acids is 1. The molecular weight excluding hydrogens is 291 g/mol. The normalized spacial score (nSPS) is 18.5. The molecule has 0 saturated carbocycles. The standard InChI is InChI=1S/C13H12F3NO4/c14-13(15,16)8-4-7(12(19)20)5-9(6-8)17-11(18)10-2-1-3-21-10/h4-6,10H,1-3H2,(H,17,18)(H,19,20)/t10-/m1/s1. The number of anilines is 1. The number of ether oxygens (including phenoxy) is 1. The highest BCUT2D eigenvalue weighted by atomic mass is 19.4. The maximum Gasteiger partial charge on any atom is 0.416 e. The van der Waals surface area contributed by atoms with Gasteiger partial charge in [-0.3, -0.25) is 4.79 Å². The highest BCUT2D eigenvalue weighted by molar-refractivity contribution is 5.96. The summed E-state index contributed by atoms with van der Waals surface area (Å²) in [6, 6.07) is 2.19. The Bertz CT molecular complexity index is 565. The van der Waals surface area contributed by atoms with E-state index in [4.69, 9.17) is 9.84 Å². The molecule has 1 aliphatic rings. The molecule has 1 aromatic rings. The number of amides is 1. The van der Waals surface area contributed by atoms with Crippen molar-refractivity contribution >= 4 is 17.6 Å². The lowest BCUT2D eigenvalue weighted by atomic mass is 10.1. The van der Waals surface area contributed by atoms with Crippen molar-refractivity contribution in [2.24, 2.45) is 0 Å². The van der Waals surface area contributed by atoms with Gasteiger partial charge >= 0.3 is 12.1 Å². The van der Waals surface area contributed by atoms with Crippen LogP contribution in [0.3, 0.4) is 0 Å². The van der Waals surface area contributed by atoms with E-state index in [0.29, 0.717) is 31.6 Å². The topological polar surface area (TPSA) is 75.6 Å². The highest BCUT2D eigenvalue weighted by Gasteiger charge is 2.32. The van der Waals surface area contributed by atoms with E-state index in [1.54, 1.807) is 0 Å². The van der Waals surface area contributed by atoms with Gasteiger partial charge in [0.25, 0.3) is 5.91 Å². The van der Waals surface area contributed by atoms with Crippen molar-refractivity contribution in [2.45, 2.75) is 25.1 Å². The van der Waals surface area contributed by atoms with Gasteiger partial charge in [0.15, 0.2) is 0 Å². The quantitative estimate of drug-likeness (QED) is 0.899. The molecule has 0 aromatic heterocycles. The van der Waals surface area contributed by atoms with Gasteiger partial charge in [-0.15, -0.1) is 0 Å². The van der Waals surface area contributed by atoms with Crippen LogP contribution in [-0.2, 0) is 15.7 Å². The number of carboxylic acids is 1. The van der Waals surface area contributed by atoms with Crippen LogP contribution < -0.4 is 5.32 Å². The van der Waals surface area contributed by atoms with E-state index in [1.807, 2.05) is 0 Å². The fourth-order valence-corrected chi connectivity index (χ4v) is 1.99. The predicted octanol–water partition coefficient (Wildman–Crippen LogP) is 2.52. The van der Waals surface area contributed by atoms with Crippen molar-refractivity contribution in [2.75, 3.05) is 11.9 Å². The SMILES string of the molecule is O=C(O)c1cc(NC(=O)[C@H]2CCCO2)cc(C(F)(F)F)c1. The molecule has 8 heteroatoms. The molecule has 21 heavy (non-hydrogen) atoms. The summed E-state index contributed by atoms with van der Waals surface area (Å²) in [5, 5.41) is 11.1. The molecule has 1 aliphatic heterocycles. The average Bonchev–Trinajstić information content (AvgIpc) is 2.91. The number of rotatable bonds is 3. The first-order valence-corrected chi connectivity index (χ1v) is 6.15. The van der Waals surface area contributed by atoms with Crippen LogP contribution in [0.4, 0.5) is 18.9 Å². The van der Waals surface area contributed by atoms with Crippen LogP contribution >= 0.6 is 0 Å². The summed E-state index contributed by atoms with van der Waals surface area (Å²) in [5.74, 6) is -2.09. The van der Waals surface area contributed by atoms with E-state index in [-0.39, 0.29) is 5.69 Å². The van der Waals surface area contributed by atoms with Crippen LogP contribution in [0.15, 0.2) is 18.2 Å². The van der Waals surface area contributed by atoms with E-state index in [0.717, 1.165) is 6.07 Å². The van der Waals surface area contributed by atoms with Crippen molar-refractivity contribution in [1.82, 2.24) is 0 Å². The van der Waals surface area contributed by atoms with Crippen LogP contribution in [0.25, 0.3) is 0 Å². The van der Waals surface area contributed by atoms with Gasteiger partial charge in [-0.25, -0.2) is 4.79 Å². The van der Waals surface area contributed by atoms with Gasteiger partial charge < -0.3 is 15.2 Å². The monoisotopic (exact) mass is 303 g/mol. The molecule has 1 fully saturated rings. The van der Waals surface area contributed by atoms with Gasteiger partial charge in [-0.05, 0) is 31.0 Å². The van der Waals surface area contributed by atoms with Crippen LogP contribution in [0.5, 0.6) is 0 Å². The smallest absolute Gasteiger partial charge is 0.416 e. The number of aromatic carboxylic acids is 1. The molecule has 1 saturated heterocycles. The summed E-state index contributed by atoms with van der Waals surface area (Å²) >= 11 is 0. The fourth-order valence-electron chi connectivity index (χ4n) is 1.99. The predicted molar refractivity (Wildman–Crippen MR) is 66.0 cm³/mol. The Hall–Kier alpha value is -2.09. The molecule has 2 N–H and O–H groups in total. The molecule has 114 valence electrons. The first-order valence-electron chi connectivity index (χ1n) is 6.15. The Kier molecular flexibility index (Phi) is 4.17. The lowest BCUT2D eigenvalue weighted by Crippen LogP contribution is -2.27. The van der Waals surface area contributed by atoms with E-state index in [9.17, 15) is 22.8 Å². The molecule has 1 heterocycles. The molecule has 0 aliphatic carbocycles. The fraction of sp³-hybridized carbons (Fsp3) is 0.385. The molecule has 0 spiro atoms. The summed E-state index contributed by atoms with van der Waals surface area (Å²) in [7, 11) is 0. The summed E-state index contributed by atoms with van der Waals surface area (Å²) in [6.07, 6.45) is -4.24. The number of halogens is 3. The molecule has 0 unspecified atom stereocenters. The highest BCUT2D eigenvalue weighted by Crippen LogP contribution is 2.32. The zero-order valence-electron chi connectivity index (χ0n) is 10.7. The van der Waals surface area contributed by atoms with Crippen LogP contribution in [0.2, 0.25) is 0 Å². The molecule has 1 atom stereocenters. The molecule has 1 amide bonds. The zero-order valence-corrected chi connectivity index (χ0v) is 10.7. The first kappa shape index (κ1) is 15.3. The molecule has 1 aromatic carbocycles. The van der Waals surface area contributed by atoms with Crippen molar-refractivity contribution in [3.63, 3.8) is 0 Å². The van der Waals surface area contributed by atoms with E-state index < -0.39 is 35.3 Å². The number of hydrogen-bond donors (Lipinski definition) is 2. The van der Waals surface area contributed by atoms with Crippen molar-refractivity contribution in [3.05, 3.63) is 29.3 Å². The number of alkyl halides is 3. The van der Waals surface area contributed by atoms with E-state index in [1.165, 1.54) is 0 Å². The van der Waals surface area contributed by atoms with E-state index in [2.05, 4.69) is 5.32 Å². The van der Waals surface area contributed by atoms with Crippen molar-refractivity contribution in [3.8, 4) is 0 Å². The minimum Gasteiger partial charge on any atom is -0.478 e. The summed E-state index contributed by atoms with van der Waals surface area (Å²) < 4.78 is 43.3. The Morgan fingerprint density at radius 2 is 2.00 bits per heavy atom. The average molecular weight is 303 g/mol.